The molecular weight excluding hydrogens is 385 g/mol. The van der Waals surface area contributed by atoms with Gasteiger partial charge in [0.2, 0.25) is 0 Å². The van der Waals surface area contributed by atoms with Crippen LogP contribution in [0.5, 0.6) is 0 Å². The van der Waals surface area contributed by atoms with E-state index >= 15 is 0 Å². The molecular formula is C27H50FNSi. The van der Waals surface area contributed by atoms with Gasteiger partial charge < -0.3 is 4.48 Å². The third kappa shape index (κ3) is 15.7. The van der Waals surface area contributed by atoms with Gasteiger partial charge in [-0.1, -0.05) is 53.4 Å². The molecule has 0 N–H and O–H groups in total. The Kier molecular flexibility index (Phi) is 14.3. The first-order chi connectivity index (χ1) is 14.1. The molecule has 0 bridgehead atoms. The van der Waals surface area contributed by atoms with Gasteiger partial charge in [0.25, 0.3) is 0 Å². The van der Waals surface area contributed by atoms with E-state index in [1.54, 1.807) is 19.6 Å². The Hall–Kier alpha value is -1.11. The van der Waals surface area contributed by atoms with E-state index in [0.717, 1.165) is 5.56 Å². The second-order valence-corrected chi connectivity index (χ2v) is 16.3. The van der Waals surface area contributed by atoms with Crippen LogP contribution in [-0.4, -0.2) is 38.3 Å². The van der Waals surface area contributed by atoms with Crippen molar-refractivity contribution in [3.63, 3.8) is 0 Å². The average molecular weight is 436 g/mol. The third-order valence-corrected chi connectivity index (χ3v) is 6.32. The van der Waals surface area contributed by atoms with E-state index < -0.39 is 7.68 Å². The molecule has 0 aliphatic heterocycles. The maximum atomic E-state index is 13.7. The van der Waals surface area contributed by atoms with Crippen LogP contribution < -0.4 is 0 Å². The number of hydrogen-bond donors (Lipinski definition) is 0. The molecule has 0 aliphatic rings. The molecule has 0 aliphatic carbocycles. The van der Waals surface area contributed by atoms with Gasteiger partial charge in [-0.05, 0) is 25.7 Å². The van der Waals surface area contributed by atoms with Gasteiger partial charge in [0.05, 0.1) is 26.2 Å². The molecule has 0 saturated heterocycles. The van der Waals surface area contributed by atoms with Crippen molar-refractivity contribution >= 4 is 7.68 Å². The van der Waals surface area contributed by atoms with Gasteiger partial charge in [-0.25, -0.2) is 0 Å². The van der Waals surface area contributed by atoms with E-state index in [1.807, 2.05) is 30.3 Å². The number of rotatable bonds is 12. The average Bonchev–Trinajstić information content (AvgIpc) is 2.71. The first kappa shape index (κ1) is 28.9. The molecule has 0 spiro atoms. The Bertz CT molecular complexity index is 560. The van der Waals surface area contributed by atoms with Gasteiger partial charge in [0.15, 0.2) is 0 Å². The molecule has 3 heteroatoms. The van der Waals surface area contributed by atoms with Crippen LogP contribution in [0.3, 0.4) is 0 Å². The van der Waals surface area contributed by atoms with Crippen molar-refractivity contribution in [2.24, 2.45) is 0 Å². The minimum atomic E-state index is -3.39. The maximum absolute atomic E-state index is 13.7. The van der Waals surface area contributed by atoms with Gasteiger partial charge in [0.1, 0.15) is 0 Å². The van der Waals surface area contributed by atoms with Crippen LogP contribution >= 0.6 is 0 Å². The standard InChI is InChI=1S/C16H36N.C11H14FSi/c1-5-9-13-17(14-10-6-2,15-11-7-3)16-12-8-4;1-13(2,3,12)10-9-11-7-5-4-6-8-11/h5-16H2,1-4H3;4-8H,1-3H3/q+1;-1. The molecule has 1 nitrogen and oxygen atoms in total. The summed E-state index contributed by atoms with van der Waals surface area (Å²) in [6.07, 6.45) is 11.1. The van der Waals surface area contributed by atoms with Crippen LogP contribution in [0.25, 0.3) is 0 Å². The number of quaternary nitrogens is 1. The quantitative estimate of drug-likeness (QED) is 0.134. The third-order valence-electron chi connectivity index (χ3n) is 5.35. The summed E-state index contributed by atoms with van der Waals surface area (Å²) in [7, 11) is -3.39. The summed E-state index contributed by atoms with van der Waals surface area (Å²) in [5.74, 6) is 2.87. The van der Waals surface area contributed by atoms with E-state index in [1.165, 1.54) is 82.0 Å². The van der Waals surface area contributed by atoms with Gasteiger partial charge in [-0.2, -0.15) is 0 Å². The molecule has 0 unspecified atom stereocenters. The molecule has 0 amide bonds. The van der Waals surface area contributed by atoms with Crippen molar-refractivity contribution in [1.82, 2.24) is 0 Å². The second kappa shape index (κ2) is 14.8. The fourth-order valence-electron chi connectivity index (χ4n) is 3.45. The fourth-order valence-corrected chi connectivity index (χ4v) is 4.02. The molecule has 174 valence electrons. The molecule has 30 heavy (non-hydrogen) atoms. The van der Waals surface area contributed by atoms with Crippen LogP contribution in [0.1, 0.15) is 84.6 Å². The molecule has 0 saturated carbocycles. The zero-order chi connectivity index (χ0) is 23.0. The molecule has 0 fully saturated rings. The zero-order valence-corrected chi connectivity index (χ0v) is 22.2. The summed E-state index contributed by atoms with van der Waals surface area (Å²) in [4.78, 5) is 0. The summed E-state index contributed by atoms with van der Waals surface area (Å²) < 4.78 is 15.2. The van der Waals surface area contributed by atoms with Crippen molar-refractivity contribution in [2.45, 2.75) is 98.7 Å². The van der Waals surface area contributed by atoms with Gasteiger partial charge in [-0.15, -0.1) is 0 Å². The van der Waals surface area contributed by atoms with Crippen LogP contribution in [0, 0.1) is 11.5 Å². The first-order valence-corrected chi connectivity index (χ1v) is 16.3. The van der Waals surface area contributed by atoms with Crippen molar-refractivity contribution in [3.8, 4) is 11.5 Å². The van der Waals surface area contributed by atoms with E-state index in [0.29, 0.717) is 0 Å². The van der Waals surface area contributed by atoms with E-state index in [9.17, 15) is 4.11 Å². The number of unbranched alkanes of at least 4 members (excludes halogenated alkanes) is 4. The van der Waals surface area contributed by atoms with Gasteiger partial charge in [0, 0.05) is 0 Å². The molecule has 1 aromatic carbocycles. The summed E-state index contributed by atoms with van der Waals surface area (Å²) in [5, 5.41) is 0. The molecule has 0 radical (unpaired) electrons. The molecule has 0 atom stereocenters. The number of hydrogen-bond acceptors (Lipinski definition) is 0. The van der Waals surface area contributed by atoms with Crippen molar-refractivity contribution in [3.05, 3.63) is 35.9 Å². The van der Waals surface area contributed by atoms with Crippen LogP contribution in [-0.2, 0) is 0 Å². The topological polar surface area (TPSA) is 0 Å². The van der Waals surface area contributed by atoms with Crippen LogP contribution in [0.2, 0.25) is 19.6 Å². The second-order valence-electron chi connectivity index (χ2n) is 10.2. The van der Waals surface area contributed by atoms with Gasteiger partial charge >= 0.3 is 78.8 Å². The first-order valence-electron chi connectivity index (χ1n) is 12.4. The Morgan fingerprint density at radius 2 is 1.07 bits per heavy atom. The van der Waals surface area contributed by atoms with E-state index in [-0.39, 0.29) is 0 Å². The van der Waals surface area contributed by atoms with Crippen molar-refractivity contribution in [2.75, 3.05) is 26.2 Å². The Labute approximate surface area is 188 Å². The molecule has 0 heterocycles. The predicted octanol–water partition coefficient (Wildman–Crippen LogP) is 8.34. The Morgan fingerprint density at radius 3 is 1.37 bits per heavy atom. The number of halogens is 1. The van der Waals surface area contributed by atoms with Crippen molar-refractivity contribution < 1.29 is 8.59 Å². The summed E-state index contributed by atoms with van der Waals surface area (Å²) in [5.41, 5.74) is 3.63. The minimum absolute atomic E-state index is 0.880. The predicted molar refractivity (Wildman–Crippen MR) is 137 cm³/mol. The van der Waals surface area contributed by atoms with Crippen LogP contribution in [0.15, 0.2) is 30.3 Å². The monoisotopic (exact) mass is 435 g/mol. The van der Waals surface area contributed by atoms with E-state index in [4.69, 9.17) is 0 Å². The van der Waals surface area contributed by atoms with Gasteiger partial charge in [-0.3, -0.25) is 0 Å². The molecule has 0 aromatic heterocycles. The summed E-state index contributed by atoms with van der Waals surface area (Å²) in [6.45, 7) is 19.9. The van der Waals surface area contributed by atoms with E-state index in [2.05, 4.69) is 39.2 Å². The summed E-state index contributed by atoms with van der Waals surface area (Å²) in [6, 6.07) is 9.50. The molecule has 1 rings (SSSR count). The zero-order valence-electron chi connectivity index (χ0n) is 21.2. The van der Waals surface area contributed by atoms with Crippen LogP contribution in [0.4, 0.5) is 4.11 Å². The SMILES string of the molecule is CCCC[N+](CCCC)(CCCC)CCCC.C[Si-](C)(C)(F)C#Cc1ccccc1. The Balaban J connectivity index is 0.000000579. The van der Waals surface area contributed by atoms with Crippen molar-refractivity contribution in [1.29, 1.82) is 0 Å². The normalized spacial score (nSPS) is 12.7. The molecule has 1 aromatic rings. The number of nitrogens with zero attached hydrogens (tertiary/aromatic N) is 1. The summed E-state index contributed by atoms with van der Waals surface area (Å²) >= 11 is 0. The fraction of sp³-hybridized carbons (Fsp3) is 0.704. The number of benzene rings is 1. The Morgan fingerprint density at radius 1 is 0.700 bits per heavy atom.